The van der Waals surface area contributed by atoms with Crippen LogP contribution in [0.4, 0.5) is 0 Å². The Labute approximate surface area is 169 Å². The van der Waals surface area contributed by atoms with Gasteiger partial charge in [-0.2, -0.15) is 0 Å². The van der Waals surface area contributed by atoms with E-state index in [0.29, 0.717) is 28.9 Å². The standard InChI is InChI=1S/C22H21NO5S/c1-3-22(14-28-18-12-7-11-17(27-2)20(18)22)21(24)23-29(25,26)19-13-6-9-15-8-4-5-10-16(15)19/h4-13H,3,14H2,1-2H3,(H,23,24). The summed E-state index contributed by atoms with van der Waals surface area (Å²) in [5.41, 5.74) is -0.574. The summed E-state index contributed by atoms with van der Waals surface area (Å²) in [5.74, 6) is 0.402. The van der Waals surface area contributed by atoms with E-state index in [1.54, 1.807) is 36.4 Å². The molecule has 1 N–H and O–H groups in total. The van der Waals surface area contributed by atoms with Crippen molar-refractivity contribution in [2.24, 2.45) is 0 Å². The van der Waals surface area contributed by atoms with Crippen LogP contribution < -0.4 is 14.2 Å². The fourth-order valence-corrected chi connectivity index (χ4v) is 5.15. The summed E-state index contributed by atoms with van der Waals surface area (Å²) in [7, 11) is -2.58. The summed E-state index contributed by atoms with van der Waals surface area (Å²) < 4.78 is 39.7. The number of hydrogen-bond donors (Lipinski definition) is 1. The average molecular weight is 411 g/mol. The van der Waals surface area contributed by atoms with E-state index in [2.05, 4.69) is 4.72 Å². The number of rotatable bonds is 5. The Morgan fingerprint density at radius 3 is 2.59 bits per heavy atom. The highest BCUT2D eigenvalue weighted by Gasteiger charge is 2.49. The molecular formula is C22H21NO5S. The molecule has 4 rings (SSSR count). The summed E-state index contributed by atoms with van der Waals surface area (Å²) in [6, 6.07) is 17.4. The molecule has 0 bridgehead atoms. The van der Waals surface area contributed by atoms with Gasteiger partial charge in [0.05, 0.1) is 17.6 Å². The first-order valence-corrected chi connectivity index (χ1v) is 10.8. The predicted octanol–water partition coefficient (Wildman–Crippen LogP) is 3.39. The number of nitrogens with one attached hydrogen (secondary N) is 1. The summed E-state index contributed by atoms with van der Waals surface area (Å²) in [4.78, 5) is 13.4. The van der Waals surface area contributed by atoms with Crippen LogP contribution in [0.3, 0.4) is 0 Å². The summed E-state index contributed by atoms with van der Waals surface area (Å²) in [6.45, 7) is 1.88. The van der Waals surface area contributed by atoms with Crippen molar-refractivity contribution >= 4 is 26.7 Å². The fraction of sp³-hybridized carbons (Fsp3) is 0.227. The second-order valence-corrected chi connectivity index (χ2v) is 8.62. The van der Waals surface area contributed by atoms with Crippen LogP contribution in [-0.4, -0.2) is 28.0 Å². The van der Waals surface area contributed by atoms with E-state index in [9.17, 15) is 13.2 Å². The molecule has 7 heteroatoms. The number of hydrogen-bond acceptors (Lipinski definition) is 5. The highest BCUT2D eigenvalue weighted by atomic mass is 32.2. The number of sulfonamides is 1. The van der Waals surface area contributed by atoms with Crippen molar-refractivity contribution in [1.29, 1.82) is 0 Å². The van der Waals surface area contributed by atoms with Gasteiger partial charge in [-0.15, -0.1) is 0 Å². The number of ether oxygens (including phenoxy) is 2. The zero-order chi connectivity index (χ0) is 20.6. The van der Waals surface area contributed by atoms with Gasteiger partial charge in [-0.05, 0) is 30.0 Å². The Morgan fingerprint density at radius 1 is 1.10 bits per heavy atom. The van der Waals surface area contributed by atoms with Crippen LogP contribution in [0.5, 0.6) is 11.5 Å². The average Bonchev–Trinajstić information content (AvgIpc) is 3.13. The van der Waals surface area contributed by atoms with E-state index in [4.69, 9.17) is 9.47 Å². The summed E-state index contributed by atoms with van der Waals surface area (Å²) >= 11 is 0. The topological polar surface area (TPSA) is 81.7 Å². The largest absolute Gasteiger partial charge is 0.496 e. The molecule has 0 spiro atoms. The molecule has 1 aliphatic heterocycles. The number of benzene rings is 3. The normalized spacial score (nSPS) is 18.1. The zero-order valence-corrected chi connectivity index (χ0v) is 17.0. The Morgan fingerprint density at radius 2 is 1.83 bits per heavy atom. The molecule has 3 aromatic carbocycles. The Bertz CT molecular complexity index is 1200. The quantitative estimate of drug-likeness (QED) is 0.696. The molecule has 1 atom stereocenters. The van der Waals surface area contributed by atoms with Gasteiger partial charge in [-0.3, -0.25) is 4.79 Å². The Balaban J connectivity index is 1.76. The van der Waals surface area contributed by atoms with Crippen molar-refractivity contribution in [1.82, 2.24) is 4.72 Å². The molecule has 1 amide bonds. The summed E-state index contributed by atoms with van der Waals surface area (Å²) in [6.07, 6.45) is 0.358. The van der Waals surface area contributed by atoms with Gasteiger partial charge in [-0.1, -0.05) is 49.4 Å². The maximum atomic E-state index is 13.3. The third-order valence-corrected chi connectivity index (χ3v) is 6.85. The minimum absolute atomic E-state index is 0.0517. The minimum Gasteiger partial charge on any atom is -0.496 e. The SMILES string of the molecule is CCC1(C(=O)NS(=O)(=O)c2cccc3ccccc23)COc2cccc(OC)c21. The maximum absolute atomic E-state index is 13.3. The molecule has 29 heavy (non-hydrogen) atoms. The second-order valence-electron chi connectivity index (χ2n) is 6.97. The van der Waals surface area contributed by atoms with Crippen molar-refractivity contribution in [3.8, 4) is 11.5 Å². The second kappa shape index (κ2) is 7.08. The number of methoxy groups -OCH3 is 1. The molecule has 0 saturated heterocycles. The van der Waals surface area contributed by atoms with Gasteiger partial charge in [0.2, 0.25) is 5.91 Å². The van der Waals surface area contributed by atoms with Gasteiger partial charge in [0.25, 0.3) is 10.0 Å². The molecular weight excluding hydrogens is 390 g/mol. The molecule has 1 aliphatic rings. The lowest BCUT2D eigenvalue weighted by atomic mass is 9.79. The maximum Gasteiger partial charge on any atom is 0.264 e. The van der Waals surface area contributed by atoms with E-state index < -0.39 is 21.3 Å². The van der Waals surface area contributed by atoms with Crippen molar-refractivity contribution in [2.45, 2.75) is 23.7 Å². The Kier molecular flexibility index (Phi) is 4.70. The number of fused-ring (bicyclic) bond motifs is 2. The highest BCUT2D eigenvalue weighted by Crippen LogP contribution is 2.46. The first-order chi connectivity index (χ1) is 13.9. The molecule has 0 aliphatic carbocycles. The molecule has 1 unspecified atom stereocenters. The van der Waals surface area contributed by atoms with Gasteiger partial charge in [0, 0.05) is 5.39 Å². The molecule has 0 fully saturated rings. The molecule has 0 saturated carbocycles. The molecule has 0 aromatic heterocycles. The number of carbonyl (C=O) groups excluding carboxylic acids is 1. The molecule has 1 heterocycles. The third kappa shape index (κ3) is 3.02. The van der Waals surface area contributed by atoms with Crippen LogP contribution in [0, 0.1) is 0 Å². The Hall–Kier alpha value is -3.06. The smallest absolute Gasteiger partial charge is 0.264 e. The van der Waals surface area contributed by atoms with E-state index >= 15 is 0 Å². The lowest BCUT2D eigenvalue weighted by Gasteiger charge is -2.26. The van der Waals surface area contributed by atoms with Gasteiger partial charge >= 0.3 is 0 Å². The lowest BCUT2D eigenvalue weighted by Crippen LogP contribution is -2.47. The minimum atomic E-state index is -4.09. The number of amides is 1. The van der Waals surface area contributed by atoms with Crippen LogP contribution in [0.2, 0.25) is 0 Å². The van der Waals surface area contributed by atoms with E-state index in [-0.39, 0.29) is 11.5 Å². The number of carbonyl (C=O) groups is 1. The first kappa shape index (κ1) is 19.3. The fourth-order valence-electron chi connectivity index (χ4n) is 3.87. The van der Waals surface area contributed by atoms with Crippen molar-refractivity contribution < 1.29 is 22.7 Å². The van der Waals surface area contributed by atoms with Crippen LogP contribution >= 0.6 is 0 Å². The third-order valence-electron chi connectivity index (χ3n) is 5.46. The van der Waals surface area contributed by atoms with E-state index in [1.807, 2.05) is 25.1 Å². The highest BCUT2D eigenvalue weighted by molar-refractivity contribution is 7.90. The predicted molar refractivity (Wildman–Crippen MR) is 110 cm³/mol. The van der Waals surface area contributed by atoms with Crippen LogP contribution in [-0.2, 0) is 20.2 Å². The van der Waals surface area contributed by atoms with E-state index in [0.717, 1.165) is 5.39 Å². The van der Waals surface area contributed by atoms with E-state index in [1.165, 1.54) is 13.2 Å². The molecule has 3 aromatic rings. The monoisotopic (exact) mass is 411 g/mol. The van der Waals surface area contributed by atoms with Crippen molar-refractivity contribution in [3.05, 3.63) is 66.2 Å². The van der Waals surface area contributed by atoms with Gasteiger partial charge in [-0.25, -0.2) is 13.1 Å². The van der Waals surface area contributed by atoms with Gasteiger partial charge in [0.1, 0.15) is 23.5 Å². The molecule has 0 radical (unpaired) electrons. The van der Waals surface area contributed by atoms with Crippen LogP contribution in [0.25, 0.3) is 10.8 Å². The van der Waals surface area contributed by atoms with Crippen molar-refractivity contribution in [2.75, 3.05) is 13.7 Å². The summed E-state index contributed by atoms with van der Waals surface area (Å²) in [5, 5.41) is 1.34. The molecule has 150 valence electrons. The first-order valence-electron chi connectivity index (χ1n) is 9.28. The van der Waals surface area contributed by atoms with Gasteiger partial charge < -0.3 is 9.47 Å². The lowest BCUT2D eigenvalue weighted by molar-refractivity contribution is -0.125. The van der Waals surface area contributed by atoms with Crippen molar-refractivity contribution in [3.63, 3.8) is 0 Å². The van der Waals surface area contributed by atoms with Crippen LogP contribution in [0.15, 0.2) is 65.6 Å². The van der Waals surface area contributed by atoms with Crippen LogP contribution in [0.1, 0.15) is 18.9 Å². The zero-order valence-electron chi connectivity index (χ0n) is 16.1. The van der Waals surface area contributed by atoms with Gasteiger partial charge in [0.15, 0.2) is 0 Å². The molecule has 6 nitrogen and oxygen atoms in total.